The molecule has 3 unspecified atom stereocenters. The number of aliphatic hydroxyl groups is 13. The van der Waals surface area contributed by atoms with E-state index in [4.69, 9.17) is 14.0 Å². The van der Waals surface area contributed by atoms with Crippen LogP contribution in [0.3, 0.4) is 0 Å². The van der Waals surface area contributed by atoms with Crippen LogP contribution in [-0.4, -0.2) is 182 Å². The molecule has 38 heavy (non-hydrogen) atoms. The van der Waals surface area contributed by atoms with Crippen LogP contribution < -0.4 is 0 Å². The third-order valence-electron chi connectivity index (χ3n) is 6.77. The van der Waals surface area contributed by atoms with Crippen molar-refractivity contribution in [2.45, 2.75) is 104 Å². The SMILES string of the molecule is O=P(O)(OC1[C@H](O)[C@H](O)C(O)[C@H](O)[C@H]1O)O[C@@H]1[C@@H](O)[C@H](O)[C@@H](O)[C@H](O)[C@@H]1O[C@H]1O[C@H](CO)[C@@H](O)[C@H](O)[C@@H]1O. The van der Waals surface area contributed by atoms with Crippen LogP contribution in [0.1, 0.15) is 0 Å². The minimum atomic E-state index is -5.63. The van der Waals surface area contributed by atoms with E-state index in [2.05, 4.69) is 4.52 Å². The summed E-state index contributed by atoms with van der Waals surface area (Å²) in [6.07, 6.45) is -36.0. The molecule has 14 N–H and O–H groups in total. The van der Waals surface area contributed by atoms with Gasteiger partial charge in [-0.1, -0.05) is 0 Å². The van der Waals surface area contributed by atoms with E-state index in [1.54, 1.807) is 0 Å². The summed E-state index contributed by atoms with van der Waals surface area (Å²) in [4.78, 5) is 10.3. The Morgan fingerprint density at radius 3 is 1.37 bits per heavy atom. The molecule has 0 aromatic carbocycles. The third-order valence-corrected chi connectivity index (χ3v) is 7.79. The van der Waals surface area contributed by atoms with Gasteiger partial charge in [-0.2, -0.15) is 0 Å². The zero-order valence-electron chi connectivity index (χ0n) is 19.3. The van der Waals surface area contributed by atoms with E-state index in [0.29, 0.717) is 0 Å². The Morgan fingerprint density at radius 1 is 0.526 bits per heavy atom. The van der Waals surface area contributed by atoms with Gasteiger partial charge in [0.25, 0.3) is 0 Å². The highest BCUT2D eigenvalue weighted by atomic mass is 31.2. The Morgan fingerprint density at radius 2 is 0.895 bits per heavy atom. The van der Waals surface area contributed by atoms with Crippen LogP contribution in [0.15, 0.2) is 0 Å². The van der Waals surface area contributed by atoms with Crippen LogP contribution in [0.5, 0.6) is 0 Å². The quantitative estimate of drug-likeness (QED) is 0.123. The second kappa shape index (κ2) is 12.2. The Labute approximate surface area is 213 Å². The second-order valence-electron chi connectivity index (χ2n) is 9.32. The van der Waals surface area contributed by atoms with Crippen LogP contribution in [-0.2, 0) is 23.1 Å². The van der Waals surface area contributed by atoms with Gasteiger partial charge in [-0.15, -0.1) is 0 Å². The van der Waals surface area contributed by atoms with Gasteiger partial charge in [-0.05, 0) is 0 Å². The van der Waals surface area contributed by atoms with Gasteiger partial charge in [0.05, 0.1) is 6.61 Å². The number of rotatable bonds is 7. The molecule has 3 fully saturated rings. The van der Waals surface area contributed by atoms with Crippen molar-refractivity contribution in [1.82, 2.24) is 0 Å². The minimum Gasteiger partial charge on any atom is -0.394 e. The van der Waals surface area contributed by atoms with E-state index < -0.39 is 118 Å². The molecule has 0 radical (unpaired) electrons. The van der Waals surface area contributed by atoms with E-state index in [1.165, 1.54) is 0 Å². The van der Waals surface area contributed by atoms with Gasteiger partial charge in [0.2, 0.25) is 0 Å². The van der Waals surface area contributed by atoms with Crippen LogP contribution in [0, 0.1) is 0 Å². The summed E-state index contributed by atoms with van der Waals surface area (Å²) in [6.45, 7) is -0.889. The number of ether oxygens (including phenoxy) is 2. The summed E-state index contributed by atoms with van der Waals surface area (Å²) in [5.41, 5.74) is 0. The second-order valence-corrected chi connectivity index (χ2v) is 10.7. The molecule has 0 amide bonds. The molecule has 1 aliphatic heterocycles. The summed E-state index contributed by atoms with van der Waals surface area (Å²) >= 11 is 0. The zero-order chi connectivity index (χ0) is 28.9. The molecule has 0 spiro atoms. The average molecular weight is 584 g/mol. The highest BCUT2D eigenvalue weighted by Crippen LogP contribution is 2.50. The number of phosphoric ester groups is 1. The highest BCUT2D eigenvalue weighted by molar-refractivity contribution is 7.47. The molecule has 20 heteroatoms. The van der Waals surface area contributed by atoms with E-state index in [1.807, 2.05) is 0 Å². The summed E-state index contributed by atoms with van der Waals surface area (Å²) in [5.74, 6) is 0. The van der Waals surface area contributed by atoms with E-state index in [9.17, 15) is 75.8 Å². The fourth-order valence-corrected chi connectivity index (χ4v) is 5.61. The molecule has 1 heterocycles. The van der Waals surface area contributed by atoms with Crippen molar-refractivity contribution in [2.24, 2.45) is 0 Å². The van der Waals surface area contributed by atoms with E-state index in [-0.39, 0.29) is 0 Å². The van der Waals surface area contributed by atoms with Crippen molar-refractivity contribution in [3.8, 4) is 0 Å². The maximum absolute atomic E-state index is 12.8. The Hall–Kier alpha value is -0.490. The topological polar surface area (TPSA) is 337 Å². The standard InChI is InChI=1S/C18H33O19P/c19-1-2-3(20)4(21)14(31)18(34-2)35-16-12(29)8(25)9(26)13(30)17(16)37-38(32,33)36-15-10(27)6(23)5(22)7(24)11(15)28/h2-31H,1H2,(H,32,33)/t2-,3-,4+,5?,6-,7+,8-,9-,10-,11-,12+,13+,14+,15?,16+,17-,18-/m1/s1. The molecule has 1 saturated heterocycles. The van der Waals surface area contributed by atoms with E-state index in [0.717, 1.165) is 0 Å². The predicted octanol–water partition coefficient (Wildman–Crippen LogP) is -8.68. The first-order chi connectivity index (χ1) is 17.5. The largest absolute Gasteiger partial charge is 0.473 e. The Balaban J connectivity index is 1.84. The summed E-state index contributed by atoms with van der Waals surface area (Å²) in [5, 5.41) is 130. The molecule has 3 rings (SSSR count). The summed E-state index contributed by atoms with van der Waals surface area (Å²) in [6, 6.07) is 0. The molecule has 3 aliphatic rings. The molecule has 224 valence electrons. The maximum Gasteiger partial charge on any atom is 0.473 e. The number of hydrogen-bond acceptors (Lipinski definition) is 18. The van der Waals surface area contributed by atoms with Crippen LogP contribution >= 0.6 is 7.82 Å². The molecule has 19 nitrogen and oxygen atoms in total. The van der Waals surface area contributed by atoms with Crippen LogP contribution in [0.2, 0.25) is 0 Å². The normalized spacial score (nSPS) is 53.9. The van der Waals surface area contributed by atoms with Gasteiger partial charge in [0.15, 0.2) is 6.29 Å². The first-order valence-electron chi connectivity index (χ1n) is 11.3. The lowest BCUT2D eigenvalue weighted by atomic mass is 9.84. The number of aliphatic hydroxyl groups excluding tert-OH is 13. The fraction of sp³-hybridized carbons (Fsp3) is 1.00. The van der Waals surface area contributed by atoms with Crippen molar-refractivity contribution in [1.29, 1.82) is 0 Å². The third kappa shape index (κ3) is 6.06. The van der Waals surface area contributed by atoms with Gasteiger partial charge in [-0.3, -0.25) is 9.05 Å². The lowest BCUT2D eigenvalue weighted by molar-refractivity contribution is -0.338. The van der Waals surface area contributed by atoms with Crippen molar-refractivity contribution in [2.75, 3.05) is 6.61 Å². The lowest BCUT2D eigenvalue weighted by Crippen LogP contribution is -2.67. The molecule has 18 atom stereocenters. The minimum absolute atomic E-state index is 0.889. The van der Waals surface area contributed by atoms with Crippen molar-refractivity contribution in [3.63, 3.8) is 0 Å². The van der Waals surface area contributed by atoms with Crippen LogP contribution in [0.25, 0.3) is 0 Å². The van der Waals surface area contributed by atoms with Crippen molar-refractivity contribution in [3.05, 3.63) is 0 Å². The van der Waals surface area contributed by atoms with Gasteiger partial charge in [-0.25, -0.2) is 4.57 Å². The fourth-order valence-electron chi connectivity index (χ4n) is 4.45. The highest BCUT2D eigenvalue weighted by Gasteiger charge is 2.57. The first-order valence-corrected chi connectivity index (χ1v) is 12.8. The molecule has 2 aliphatic carbocycles. The first kappa shape index (κ1) is 32.0. The van der Waals surface area contributed by atoms with E-state index >= 15 is 0 Å². The average Bonchev–Trinajstić information content (AvgIpc) is 2.88. The van der Waals surface area contributed by atoms with Gasteiger partial charge in [0.1, 0.15) is 97.7 Å². The number of hydrogen-bond donors (Lipinski definition) is 14. The molecular formula is C18H33O19P. The smallest absolute Gasteiger partial charge is 0.394 e. The zero-order valence-corrected chi connectivity index (χ0v) is 20.2. The summed E-state index contributed by atoms with van der Waals surface area (Å²) < 4.78 is 32.6. The van der Waals surface area contributed by atoms with Gasteiger partial charge >= 0.3 is 7.82 Å². The van der Waals surface area contributed by atoms with Crippen molar-refractivity contribution < 1.29 is 94.4 Å². The molecule has 2 saturated carbocycles. The van der Waals surface area contributed by atoms with Gasteiger partial charge < -0.3 is 80.8 Å². The molecule has 0 bridgehead atoms. The molecule has 0 aromatic rings. The summed E-state index contributed by atoms with van der Waals surface area (Å²) in [7, 11) is -5.63. The molecular weight excluding hydrogens is 551 g/mol. The molecule has 0 aromatic heterocycles. The van der Waals surface area contributed by atoms with Crippen molar-refractivity contribution >= 4 is 7.82 Å². The predicted molar refractivity (Wildman–Crippen MR) is 112 cm³/mol. The van der Waals surface area contributed by atoms with Crippen LogP contribution in [0.4, 0.5) is 0 Å². The monoisotopic (exact) mass is 584 g/mol. The lowest BCUT2D eigenvalue weighted by Gasteiger charge is -2.47. The Kier molecular flexibility index (Phi) is 10.3. The van der Waals surface area contributed by atoms with Gasteiger partial charge in [0, 0.05) is 0 Å². The number of phosphoric acid groups is 1. The maximum atomic E-state index is 12.8. The Bertz CT molecular complexity index is 818.